The van der Waals surface area contributed by atoms with E-state index in [-0.39, 0.29) is 5.91 Å². The Morgan fingerprint density at radius 3 is 2.50 bits per heavy atom. The number of ether oxygens (including phenoxy) is 3. The van der Waals surface area contributed by atoms with Crippen LogP contribution >= 0.6 is 0 Å². The monoisotopic (exact) mass is 458 g/mol. The molecule has 0 fully saturated rings. The SMILES string of the molecule is COc1ccc(-c2coc3c(C)c(OC)c(/C(C)=C/C(=O)Nc4ccccn4)cc23)cc1OC. The van der Waals surface area contributed by atoms with Gasteiger partial charge in [-0.05, 0) is 55.3 Å². The number of hydrogen-bond acceptors (Lipinski definition) is 6. The van der Waals surface area contributed by atoms with Crippen molar-refractivity contribution in [1.29, 1.82) is 0 Å². The highest BCUT2D eigenvalue weighted by atomic mass is 16.5. The van der Waals surface area contributed by atoms with Gasteiger partial charge in [0.2, 0.25) is 5.91 Å². The van der Waals surface area contributed by atoms with Gasteiger partial charge in [0.05, 0.1) is 27.6 Å². The summed E-state index contributed by atoms with van der Waals surface area (Å²) in [5.74, 6) is 2.14. The number of nitrogens with zero attached hydrogens (tertiary/aromatic N) is 1. The normalized spacial score (nSPS) is 11.4. The molecule has 2 aromatic carbocycles. The number of benzene rings is 2. The highest BCUT2D eigenvalue weighted by Gasteiger charge is 2.19. The highest BCUT2D eigenvalue weighted by molar-refractivity contribution is 6.05. The number of hydrogen-bond donors (Lipinski definition) is 1. The van der Waals surface area contributed by atoms with E-state index < -0.39 is 0 Å². The van der Waals surface area contributed by atoms with Crippen molar-refractivity contribution in [3.8, 4) is 28.4 Å². The Morgan fingerprint density at radius 2 is 1.82 bits per heavy atom. The number of methoxy groups -OCH3 is 3. The molecule has 0 unspecified atom stereocenters. The summed E-state index contributed by atoms with van der Waals surface area (Å²) in [5.41, 5.74) is 4.92. The Morgan fingerprint density at radius 1 is 1.03 bits per heavy atom. The molecule has 0 bridgehead atoms. The second-order valence-corrected chi connectivity index (χ2v) is 7.71. The van der Waals surface area contributed by atoms with Gasteiger partial charge in [-0.25, -0.2) is 4.98 Å². The van der Waals surface area contributed by atoms with E-state index in [2.05, 4.69) is 10.3 Å². The molecule has 34 heavy (non-hydrogen) atoms. The summed E-state index contributed by atoms with van der Waals surface area (Å²) < 4.78 is 22.5. The van der Waals surface area contributed by atoms with Gasteiger partial charge in [-0.2, -0.15) is 0 Å². The molecule has 0 aliphatic heterocycles. The number of rotatable bonds is 7. The lowest BCUT2D eigenvalue weighted by atomic mass is 9.96. The van der Waals surface area contributed by atoms with Gasteiger partial charge in [0.15, 0.2) is 11.5 Å². The van der Waals surface area contributed by atoms with Crippen molar-refractivity contribution in [3.63, 3.8) is 0 Å². The molecule has 0 radical (unpaired) electrons. The number of fused-ring (bicyclic) bond motifs is 1. The summed E-state index contributed by atoms with van der Waals surface area (Å²) in [7, 11) is 4.81. The molecule has 1 amide bonds. The number of aromatic nitrogens is 1. The first-order chi connectivity index (χ1) is 16.5. The lowest BCUT2D eigenvalue weighted by molar-refractivity contribution is -0.111. The number of pyridine rings is 1. The Labute approximate surface area is 198 Å². The van der Waals surface area contributed by atoms with Crippen LogP contribution in [0.15, 0.2) is 65.4 Å². The summed E-state index contributed by atoms with van der Waals surface area (Å²) in [6.45, 7) is 3.81. The van der Waals surface area contributed by atoms with E-state index in [0.29, 0.717) is 23.1 Å². The molecule has 0 aliphatic rings. The number of aryl methyl sites for hydroxylation is 1. The third-order valence-electron chi connectivity index (χ3n) is 5.63. The number of allylic oxidation sites excluding steroid dienone is 1. The molecule has 0 saturated carbocycles. The largest absolute Gasteiger partial charge is 0.496 e. The Kier molecular flexibility index (Phi) is 6.54. The van der Waals surface area contributed by atoms with E-state index >= 15 is 0 Å². The molecule has 0 spiro atoms. The van der Waals surface area contributed by atoms with E-state index in [1.807, 2.05) is 44.2 Å². The minimum absolute atomic E-state index is 0.275. The predicted octanol–water partition coefficient (Wildman–Crippen LogP) is 5.87. The third-order valence-corrected chi connectivity index (χ3v) is 5.63. The lowest BCUT2D eigenvalue weighted by Gasteiger charge is -2.14. The van der Waals surface area contributed by atoms with Gasteiger partial charge in [0.25, 0.3) is 0 Å². The molecule has 4 aromatic rings. The number of carbonyl (C=O) groups is 1. The molecular formula is C27H26N2O5. The topological polar surface area (TPSA) is 82.8 Å². The van der Waals surface area contributed by atoms with Gasteiger partial charge >= 0.3 is 0 Å². The van der Waals surface area contributed by atoms with Crippen LogP contribution in [-0.4, -0.2) is 32.2 Å². The van der Waals surface area contributed by atoms with Crippen LogP contribution in [0.1, 0.15) is 18.1 Å². The zero-order valence-electron chi connectivity index (χ0n) is 19.8. The maximum atomic E-state index is 12.6. The molecule has 7 nitrogen and oxygen atoms in total. The van der Waals surface area contributed by atoms with Crippen molar-refractivity contribution < 1.29 is 23.4 Å². The molecule has 2 heterocycles. The van der Waals surface area contributed by atoms with Gasteiger partial charge in [-0.3, -0.25) is 4.79 Å². The molecule has 0 atom stereocenters. The number of anilines is 1. The Hall–Kier alpha value is -4.26. The number of furan rings is 1. The first-order valence-corrected chi connectivity index (χ1v) is 10.7. The van der Waals surface area contributed by atoms with Crippen LogP contribution in [0.5, 0.6) is 17.2 Å². The first kappa shape index (κ1) is 22.9. The molecule has 4 rings (SSSR count). The second kappa shape index (κ2) is 9.70. The van der Waals surface area contributed by atoms with Crippen molar-refractivity contribution >= 4 is 28.3 Å². The second-order valence-electron chi connectivity index (χ2n) is 7.71. The minimum Gasteiger partial charge on any atom is -0.496 e. The van der Waals surface area contributed by atoms with E-state index in [1.54, 1.807) is 45.9 Å². The predicted molar refractivity (Wildman–Crippen MR) is 133 cm³/mol. The van der Waals surface area contributed by atoms with Crippen LogP contribution in [0.3, 0.4) is 0 Å². The summed E-state index contributed by atoms with van der Waals surface area (Å²) in [6.07, 6.45) is 4.88. The standard InChI is InChI=1S/C27H26N2O5/c1-16(12-25(30)29-24-8-6-7-11-28-24)19-14-20-21(15-34-27(20)17(2)26(19)33-5)18-9-10-22(31-3)23(13-18)32-4/h6-15H,1-5H3,(H,28,29,30)/b16-12+. The van der Waals surface area contributed by atoms with Gasteiger partial charge < -0.3 is 23.9 Å². The van der Waals surface area contributed by atoms with Crippen LogP contribution in [0.25, 0.3) is 27.7 Å². The maximum absolute atomic E-state index is 12.6. The summed E-state index contributed by atoms with van der Waals surface area (Å²) >= 11 is 0. The van der Waals surface area contributed by atoms with Crippen LogP contribution in [-0.2, 0) is 4.79 Å². The van der Waals surface area contributed by atoms with E-state index in [1.165, 1.54) is 6.08 Å². The van der Waals surface area contributed by atoms with Gasteiger partial charge in [0, 0.05) is 34.3 Å². The van der Waals surface area contributed by atoms with E-state index in [4.69, 9.17) is 18.6 Å². The highest BCUT2D eigenvalue weighted by Crippen LogP contribution is 2.42. The van der Waals surface area contributed by atoms with Gasteiger partial charge in [-0.1, -0.05) is 12.1 Å². The van der Waals surface area contributed by atoms with Gasteiger partial charge in [0.1, 0.15) is 17.2 Å². The molecule has 1 N–H and O–H groups in total. The molecule has 174 valence electrons. The average Bonchev–Trinajstić information content (AvgIpc) is 3.28. The molecule has 2 aromatic heterocycles. The molecule has 0 aliphatic carbocycles. The fourth-order valence-electron chi connectivity index (χ4n) is 3.97. The molecule has 0 saturated heterocycles. The fraction of sp³-hybridized carbons (Fsp3) is 0.185. The van der Waals surface area contributed by atoms with Gasteiger partial charge in [-0.15, -0.1) is 0 Å². The van der Waals surface area contributed by atoms with Crippen LogP contribution < -0.4 is 19.5 Å². The Bertz CT molecular complexity index is 1370. The zero-order chi connectivity index (χ0) is 24.2. The van der Waals surface area contributed by atoms with E-state index in [0.717, 1.165) is 38.8 Å². The first-order valence-electron chi connectivity index (χ1n) is 10.7. The minimum atomic E-state index is -0.275. The fourth-order valence-corrected chi connectivity index (χ4v) is 3.97. The van der Waals surface area contributed by atoms with Crippen molar-refractivity contribution in [3.05, 3.63) is 72.1 Å². The maximum Gasteiger partial charge on any atom is 0.249 e. The van der Waals surface area contributed by atoms with Crippen LogP contribution in [0.2, 0.25) is 0 Å². The number of carbonyl (C=O) groups excluding carboxylic acids is 1. The average molecular weight is 459 g/mol. The summed E-state index contributed by atoms with van der Waals surface area (Å²) in [6, 6.07) is 13.0. The summed E-state index contributed by atoms with van der Waals surface area (Å²) in [5, 5.41) is 3.68. The van der Waals surface area contributed by atoms with Crippen molar-refractivity contribution in [1.82, 2.24) is 4.98 Å². The van der Waals surface area contributed by atoms with Crippen molar-refractivity contribution in [2.75, 3.05) is 26.6 Å². The lowest BCUT2D eigenvalue weighted by Crippen LogP contribution is -2.09. The van der Waals surface area contributed by atoms with E-state index in [9.17, 15) is 4.79 Å². The van der Waals surface area contributed by atoms with Crippen LogP contribution in [0, 0.1) is 6.92 Å². The summed E-state index contributed by atoms with van der Waals surface area (Å²) in [4.78, 5) is 16.7. The quantitative estimate of drug-likeness (QED) is 0.349. The van der Waals surface area contributed by atoms with Crippen LogP contribution in [0.4, 0.5) is 5.82 Å². The molecular weight excluding hydrogens is 432 g/mol. The smallest absolute Gasteiger partial charge is 0.249 e. The third kappa shape index (κ3) is 4.32. The number of amides is 1. The zero-order valence-corrected chi connectivity index (χ0v) is 19.8. The Balaban J connectivity index is 1.79. The van der Waals surface area contributed by atoms with Crippen molar-refractivity contribution in [2.24, 2.45) is 0 Å². The molecule has 7 heteroatoms. The number of nitrogens with one attached hydrogen (secondary N) is 1. The van der Waals surface area contributed by atoms with Crippen molar-refractivity contribution in [2.45, 2.75) is 13.8 Å².